The number of carbonyl (C=O) groups excluding carboxylic acids is 3. The molecule has 0 amide bonds. The van der Waals surface area contributed by atoms with Crippen LogP contribution in [-0.4, -0.2) is 36.2 Å². The van der Waals surface area contributed by atoms with Crippen LogP contribution >= 0.6 is 11.3 Å². The molecule has 0 radical (unpaired) electrons. The summed E-state index contributed by atoms with van der Waals surface area (Å²) in [7, 11) is 1.46. The van der Waals surface area contributed by atoms with Crippen LogP contribution in [0.2, 0.25) is 0 Å². The van der Waals surface area contributed by atoms with Crippen LogP contribution in [0.25, 0.3) is 0 Å². The first-order chi connectivity index (χ1) is 15.4. The Labute approximate surface area is 189 Å². The minimum absolute atomic E-state index is 0.0201. The fraction of sp³-hybridized carbons (Fsp3) is 0.250. The molecule has 6 nitrogen and oxygen atoms in total. The van der Waals surface area contributed by atoms with Gasteiger partial charge >= 0.3 is 5.97 Å². The standard InChI is InChI=1S/C24H22FNO5S/c1-3-31-23(28)12-17-14-32-22(26-17)13-18(27)11-15-10-16(25)8-9-19(15)24(29)20-6-4-5-7-21(20)30-2/h4-10,14H,3,11-13H2,1-2H3. The molecule has 0 saturated carbocycles. The zero-order valence-electron chi connectivity index (χ0n) is 17.7. The molecule has 0 spiro atoms. The first-order valence-electron chi connectivity index (χ1n) is 9.98. The lowest BCUT2D eigenvalue weighted by molar-refractivity contribution is -0.142. The minimum atomic E-state index is -0.532. The molecule has 8 heteroatoms. The molecule has 1 heterocycles. The van der Waals surface area contributed by atoms with Crippen molar-refractivity contribution in [2.75, 3.05) is 13.7 Å². The lowest BCUT2D eigenvalue weighted by Crippen LogP contribution is -2.13. The summed E-state index contributed by atoms with van der Waals surface area (Å²) in [5.41, 5.74) is 1.41. The lowest BCUT2D eigenvalue weighted by Gasteiger charge is -2.11. The first kappa shape index (κ1) is 23.3. The van der Waals surface area contributed by atoms with Gasteiger partial charge in [0, 0.05) is 17.4 Å². The van der Waals surface area contributed by atoms with Crippen LogP contribution in [0.1, 0.15) is 39.1 Å². The van der Waals surface area contributed by atoms with Crippen molar-refractivity contribution in [2.45, 2.75) is 26.2 Å². The van der Waals surface area contributed by atoms with Gasteiger partial charge in [-0.05, 0) is 42.8 Å². The molecule has 0 aliphatic heterocycles. The highest BCUT2D eigenvalue weighted by Crippen LogP contribution is 2.24. The van der Waals surface area contributed by atoms with E-state index in [4.69, 9.17) is 9.47 Å². The highest BCUT2D eigenvalue weighted by molar-refractivity contribution is 7.09. The molecule has 0 aliphatic carbocycles. The molecule has 3 aromatic rings. The molecule has 0 aliphatic rings. The molecule has 3 rings (SSSR count). The Kier molecular flexibility index (Phi) is 7.83. The summed E-state index contributed by atoms with van der Waals surface area (Å²) >= 11 is 1.27. The maximum absolute atomic E-state index is 13.9. The molecule has 1 aromatic heterocycles. The zero-order valence-corrected chi connectivity index (χ0v) is 18.5. The second-order valence-electron chi connectivity index (χ2n) is 6.94. The second kappa shape index (κ2) is 10.8. The SMILES string of the molecule is CCOC(=O)Cc1csc(CC(=O)Cc2cc(F)ccc2C(=O)c2ccccc2OC)n1. The number of methoxy groups -OCH3 is 1. The van der Waals surface area contributed by atoms with Gasteiger partial charge in [-0.25, -0.2) is 9.37 Å². The third kappa shape index (κ3) is 5.85. The maximum Gasteiger partial charge on any atom is 0.311 e. The van der Waals surface area contributed by atoms with Crippen LogP contribution < -0.4 is 4.74 Å². The van der Waals surface area contributed by atoms with Gasteiger partial charge < -0.3 is 9.47 Å². The maximum atomic E-state index is 13.9. The Morgan fingerprint density at radius 2 is 1.81 bits per heavy atom. The monoisotopic (exact) mass is 455 g/mol. The quantitative estimate of drug-likeness (QED) is 0.340. The minimum Gasteiger partial charge on any atom is -0.496 e. The van der Waals surface area contributed by atoms with Gasteiger partial charge in [-0.3, -0.25) is 14.4 Å². The number of hydrogen-bond donors (Lipinski definition) is 0. The molecule has 0 N–H and O–H groups in total. The van der Waals surface area contributed by atoms with Crippen LogP contribution in [0.4, 0.5) is 4.39 Å². The second-order valence-corrected chi connectivity index (χ2v) is 7.88. The van der Waals surface area contributed by atoms with E-state index < -0.39 is 5.82 Å². The smallest absolute Gasteiger partial charge is 0.311 e. The van der Waals surface area contributed by atoms with E-state index in [1.165, 1.54) is 36.6 Å². The molecule has 0 bridgehead atoms. The zero-order chi connectivity index (χ0) is 23.1. The van der Waals surface area contributed by atoms with E-state index in [9.17, 15) is 18.8 Å². The number of rotatable bonds is 10. The summed E-state index contributed by atoms with van der Waals surface area (Å²) in [6, 6.07) is 10.5. The van der Waals surface area contributed by atoms with Crippen molar-refractivity contribution in [3.63, 3.8) is 0 Å². The topological polar surface area (TPSA) is 82.6 Å². The van der Waals surface area contributed by atoms with E-state index in [1.807, 2.05) is 0 Å². The number of ketones is 2. The molecule has 0 fully saturated rings. The highest BCUT2D eigenvalue weighted by atomic mass is 32.1. The van der Waals surface area contributed by atoms with Gasteiger partial charge in [-0.15, -0.1) is 11.3 Å². The summed E-state index contributed by atoms with van der Waals surface area (Å²) in [4.78, 5) is 41.6. The van der Waals surface area contributed by atoms with Crippen LogP contribution in [0.5, 0.6) is 5.75 Å². The van der Waals surface area contributed by atoms with Gasteiger partial charge in [-0.2, -0.15) is 0 Å². The Morgan fingerprint density at radius 3 is 2.56 bits per heavy atom. The van der Waals surface area contributed by atoms with Crippen molar-refractivity contribution in [1.82, 2.24) is 4.98 Å². The van der Waals surface area contributed by atoms with Crippen LogP contribution in [0.15, 0.2) is 47.8 Å². The van der Waals surface area contributed by atoms with Crippen LogP contribution in [0, 0.1) is 5.82 Å². The van der Waals surface area contributed by atoms with E-state index in [0.29, 0.717) is 27.6 Å². The Bertz CT molecular complexity index is 1140. The van der Waals surface area contributed by atoms with Gasteiger partial charge in [0.05, 0.1) is 37.8 Å². The lowest BCUT2D eigenvalue weighted by atomic mass is 9.94. The highest BCUT2D eigenvalue weighted by Gasteiger charge is 2.20. The molecule has 0 unspecified atom stereocenters. The Balaban J connectivity index is 1.76. The number of Topliss-reactive ketones (excluding diaryl/α,β-unsaturated/α-hetero) is 1. The molecule has 166 valence electrons. The summed E-state index contributed by atoms with van der Waals surface area (Å²) in [6.07, 6.45) is -0.0624. The molecule has 32 heavy (non-hydrogen) atoms. The summed E-state index contributed by atoms with van der Waals surface area (Å²) in [6.45, 7) is 2.01. The van der Waals surface area contributed by atoms with E-state index in [-0.39, 0.29) is 49.0 Å². The molecule has 2 aromatic carbocycles. The number of thiazole rings is 1. The summed E-state index contributed by atoms with van der Waals surface area (Å²) < 4.78 is 24.1. The van der Waals surface area contributed by atoms with Gasteiger partial charge in [0.1, 0.15) is 22.4 Å². The predicted molar refractivity (Wildman–Crippen MR) is 118 cm³/mol. The predicted octanol–water partition coefficient (Wildman–Crippen LogP) is 3.98. The van der Waals surface area contributed by atoms with Crippen molar-refractivity contribution in [3.05, 3.63) is 81.1 Å². The average Bonchev–Trinajstić information content (AvgIpc) is 3.19. The summed E-state index contributed by atoms with van der Waals surface area (Å²) in [5, 5.41) is 2.25. The fourth-order valence-electron chi connectivity index (χ4n) is 3.22. The number of aromatic nitrogens is 1. The van der Waals surface area contributed by atoms with Crippen LogP contribution in [-0.2, 0) is 33.6 Å². The van der Waals surface area contributed by atoms with Gasteiger partial charge in [-0.1, -0.05) is 12.1 Å². The summed E-state index contributed by atoms with van der Waals surface area (Å²) in [5.74, 6) is -1.08. The van der Waals surface area contributed by atoms with Crippen molar-refractivity contribution >= 4 is 28.9 Å². The van der Waals surface area contributed by atoms with E-state index in [2.05, 4.69) is 4.98 Å². The Hall–Kier alpha value is -3.39. The molecule has 0 atom stereocenters. The van der Waals surface area contributed by atoms with E-state index >= 15 is 0 Å². The van der Waals surface area contributed by atoms with Crippen molar-refractivity contribution in [3.8, 4) is 5.75 Å². The van der Waals surface area contributed by atoms with Crippen LogP contribution in [0.3, 0.4) is 0 Å². The first-order valence-corrected chi connectivity index (χ1v) is 10.9. The van der Waals surface area contributed by atoms with Crippen molar-refractivity contribution in [2.24, 2.45) is 0 Å². The normalized spacial score (nSPS) is 10.6. The largest absolute Gasteiger partial charge is 0.496 e. The Morgan fingerprint density at radius 1 is 1.03 bits per heavy atom. The number of esters is 1. The van der Waals surface area contributed by atoms with Crippen molar-refractivity contribution < 1.29 is 28.2 Å². The third-order valence-electron chi connectivity index (χ3n) is 4.63. The van der Waals surface area contributed by atoms with Gasteiger partial charge in [0.25, 0.3) is 0 Å². The van der Waals surface area contributed by atoms with Crippen molar-refractivity contribution in [1.29, 1.82) is 0 Å². The third-order valence-corrected chi connectivity index (χ3v) is 5.53. The number of para-hydroxylation sites is 1. The van der Waals surface area contributed by atoms with E-state index in [0.717, 1.165) is 0 Å². The van der Waals surface area contributed by atoms with Gasteiger partial charge in [0.2, 0.25) is 0 Å². The number of nitrogens with zero attached hydrogens (tertiary/aromatic N) is 1. The molecular weight excluding hydrogens is 433 g/mol. The molecular formula is C24H22FNO5S. The number of carbonyl (C=O) groups is 3. The number of benzene rings is 2. The van der Waals surface area contributed by atoms with E-state index in [1.54, 1.807) is 36.6 Å². The number of hydrogen-bond acceptors (Lipinski definition) is 7. The fourth-order valence-corrected chi connectivity index (χ4v) is 4.04. The number of ether oxygens (including phenoxy) is 2. The molecule has 0 saturated heterocycles. The number of halogens is 1. The van der Waals surface area contributed by atoms with Gasteiger partial charge in [0.15, 0.2) is 5.78 Å². The average molecular weight is 456 g/mol.